The zero-order chi connectivity index (χ0) is 24.9. The minimum absolute atomic E-state index is 0.0915. The molecule has 1 unspecified atom stereocenters. The first-order chi connectivity index (χ1) is 17.7. The maximum absolute atomic E-state index is 14.2. The summed E-state index contributed by atoms with van der Waals surface area (Å²) in [5.41, 5.74) is 5.23. The van der Waals surface area contributed by atoms with E-state index in [1.165, 1.54) is 0 Å². The Morgan fingerprint density at radius 3 is 2.44 bits per heavy atom. The number of aromatic nitrogens is 1. The number of para-hydroxylation sites is 1. The number of hydrogen-bond acceptors (Lipinski definition) is 4. The third kappa shape index (κ3) is 4.71. The molecule has 1 aromatic heterocycles. The molecule has 2 atom stereocenters. The summed E-state index contributed by atoms with van der Waals surface area (Å²) in [5, 5.41) is 14.0. The maximum Gasteiger partial charge on any atom is 0.254 e. The summed E-state index contributed by atoms with van der Waals surface area (Å²) >= 11 is 0. The van der Waals surface area contributed by atoms with Gasteiger partial charge < -0.3 is 15.3 Å². The van der Waals surface area contributed by atoms with Gasteiger partial charge >= 0.3 is 0 Å². The number of aliphatic hydroxyl groups excluding tert-OH is 1. The fraction of sp³-hybridized carbons (Fsp3) is 0.290. The summed E-state index contributed by atoms with van der Waals surface area (Å²) in [6.45, 7) is 3.05. The van der Waals surface area contributed by atoms with E-state index in [1.54, 1.807) is 0 Å². The Balaban J connectivity index is 1.71. The second kappa shape index (κ2) is 10.9. The van der Waals surface area contributed by atoms with Crippen LogP contribution in [-0.4, -0.2) is 35.2 Å². The summed E-state index contributed by atoms with van der Waals surface area (Å²) in [5.74, 6) is -0.0915. The third-order valence-electron chi connectivity index (χ3n) is 7.18. The number of nitrogens with zero attached hydrogens (tertiary/aromatic N) is 2. The van der Waals surface area contributed by atoms with Gasteiger partial charge in [-0.3, -0.25) is 4.79 Å². The van der Waals surface area contributed by atoms with Crippen molar-refractivity contribution in [2.24, 2.45) is 0 Å². The van der Waals surface area contributed by atoms with Crippen LogP contribution < -0.4 is 10.2 Å². The largest absolute Gasteiger partial charge is 0.396 e. The Hall–Kier alpha value is -3.70. The number of hydrogen-bond donors (Lipinski definition) is 2. The Bertz CT molecular complexity index is 1320. The van der Waals surface area contributed by atoms with Crippen molar-refractivity contribution in [3.63, 3.8) is 0 Å². The summed E-state index contributed by atoms with van der Waals surface area (Å²) in [6.07, 6.45) is 3.47. The summed E-state index contributed by atoms with van der Waals surface area (Å²) in [7, 11) is 0. The van der Waals surface area contributed by atoms with E-state index in [0.29, 0.717) is 12.0 Å². The second-order valence-electron chi connectivity index (χ2n) is 9.41. The van der Waals surface area contributed by atoms with E-state index >= 15 is 0 Å². The molecule has 3 aromatic carbocycles. The van der Waals surface area contributed by atoms with E-state index < -0.39 is 0 Å². The van der Waals surface area contributed by atoms with E-state index in [-0.39, 0.29) is 24.6 Å². The number of carbonyl (C=O) groups excluding carboxylic acids is 1. The standard InChI is InChI=1S/C31H33N3O2/c1-2-26(22-12-5-3-6-13-22)33-31(36)28-25-17-9-10-18-27(25)32-29(23-14-7-4-8-15-23)30(28)34-20-11-16-24(34)19-21-35/h3-10,12-15,17-18,24,26,35H,2,11,16,19-21H2,1H3,(H,33,36)/t24-,26?/m0/s1. The zero-order valence-electron chi connectivity index (χ0n) is 20.7. The number of anilines is 1. The molecule has 5 heteroatoms. The van der Waals surface area contributed by atoms with E-state index in [4.69, 9.17) is 4.98 Å². The Labute approximate surface area is 212 Å². The maximum atomic E-state index is 14.2. The van der Waals surface area contributed by atoms with Crippen LogP contribution in [0.1, 0.15) is 54.6 Å². The first-order valence-electron chi connectivity index (χ1n) is 12.9. The van der Waals surface area contributed by atoms with Gasteiger partial charge in [0.1, 0.15) is 0 Å². The smallest absolute Gasteiger partial charge is 0.254 e. The van der Waals surface area contributed by atoms with Crippen LogP contribution in [0.5, 0.6) is 0 Å². The second-order valence-corrected chi connectivity index (χ2v) is 9.41. The van der Waals surface area contributed by atoms with Crippen LogP contribution in [0, 0.1) is 0 Å². The highest BCUT2D eigenvalue weighted by Crippen LogP contribution is 2.41. The third-order valence-corrected chi connectivity index (χ3v) is 7.18. The van der Waals surface area contributed by atoms with Crippen LogP contribution in [0.2, 0.25) is 0 Å². The number of fused-ring (bicyclic) bond motifs is 1. The van der Waals surface area contributed by atoms with Gasteiger partial charge in [-0.15, -0.1) is 0 Å². The van der Waals surface area contributed by atoms with E-state index in [1.807, 2.05) is 60.7 Å². The van der Waals surface area contributed by atoms with Crippen LogP contribution in [-0.2, 0) is 0 Å². The van der Waals surface area contributed by atoms with Crippen LogP contribution >= 0.6 is 0 Å². The molecule has 36 heavy (non-hydrogen) atoms. The minimum atomic E-state index is -0.0922. The number of carbonyl (C=O) groups is 1. The molecule has 1 fully saturated rings. The Morgan fingerprint density at radius 1 is 1.03 bits per heavy atom. The van der Waals surface area contributed by atoms with Crippen molar-refractivity contribution in [1.29, 1.82) is 0 Å². The molecular formula is C31H33N3O2. The van der Waals surface area contributed by atoms with Gasteiger partial charge in [0.05, 0.1) is 28.5 Å². The highest BCUT2D eigenvalue weighted by molar-refractivity contribution is 6.13. The van der Waals surface area contributed by atoms with Gasteiger partial charge in [0.25, 0.3) is 5.91 Å². The monoisotopic (exact) mass is 479 g/mol. The molecule has 0 aliphatic carbocycles. The summed E-state index contributed by atoms with van der Waals surface area (Å²) in [6, 6.07) is 28.2. The highest BCUT2D eigenvalue weighted by atomic mass is 16.3. The fourth-order valence-electron chi connectivity index (χ4n) is 5.42. The first kappa shape index (κ1) is 24.0. The number of benzene rings is 3. The number of aliphatic hydroxyl groups is 1. The van der Waals surface area contributed by atoms with E-state index in [9.17, 15) is 9.90 Å². The van der Waals surface area contributed by atoms with Gasteiger partial charge in [0.15, 0.2) is 0 Å². The molecule has 0 saturated carbocycles. The summed E-state index contributed by atoms with van der Waals surface area (Å²) < 4.78 is 0. The van der Waals surface area contributed by atoms with Crippen LogP contribution in [0.4, 0.5) is 5.69 Å². The lowest BCUT2D eigenvalue weighted by Gasteiger charge is -2.31. The molecule has 0 bridgehead atoms. The fourth-order valence-corrected chi connectivity index (χ4v) is 5.42. The average molecular weight is 480 g/mol. The van der Waals surface area contributed by atoms with Gasteiger partial charge in [0, 0.05) is 30.1 Å². The van der Waals surface area contributed by atoms with Crippen molar-refractivity contribution < 1.29 is 9.90 Å². The molecule has 1 aliphatic rings. The number of rotatable bonds is 8. The quantitative estimate of drug-likeness (QED) is 0.319. The van der Waals surface area contributed by atoms with Gasteiger partial charge in [0.2, 0.25) is 0 Å². The zero-order valence-corrected chi connectivity index (χ0v) is 20.7. The van der Waals surface area contributed by atoms with Crippen molar-refractivity contribution in [2.45, 2.75) is 44.7 Å². The normalized spacial score (nSPS) is 16.3. The molecule has 5 nitrogen and oxygen atoms in total. The number of pyridine rings is 1. The van der Waals surface area contributed by atoms with Gasteiger partial charge in [-0.1, -0.05) is 85.8 Å². The van der Waals surface area contributed by atoms with Crippen LogP contribution in [0.15, 0.2) is 84.9 Å². The predicted octanol–water partition coefficient (Wildman–Crippen LogP) is 6.13. The van der Waals surface area contributed by atoms with Crippen molar-refractivity contribution in [1.82, 2.24) is 10.3 Å². The lowest BCUT2D eigenvalue weighted by Crippen LogP contribution is -2.35. The summed E-state index contributed by atoms with van der Waals surface area (Å²) in [4.78, 5) is 21.6. The molecule has 0 spiro atoms. The molecule has 184 valence electrons. The number of nitrogens with one attached hydrogen (secondary N) is 1. The molecule has 0 radical (unpaired) electrons. The average Bonchev–Trinajstić information content (AvgIpc) is 3.39. The molecule has 1 aliphatic heterocycles. The number of amides is 1. The molecule has 1 amide bonds. The van der Waals surface area contributed by atoms with Crippen LogP contribution in [0.25, 0.3) is 22.2 Å². The lowest BCUT2D eigenvalue weighted by molar-refractivity contribution is 0.0937. The van der Waals surface area contributed by atoms with Crippen molar-refractivity contribution in [3.8, 4) is 11.3 Å². The topological polar surface area (TPSA) is 65.5 Å². The minimum Gasteiger partial charge on any atom is -0.396 e. The molecular weight excluding hydrogens is 446 g/mol. The highest BCUT2D eigenvalue weighted by Gasteiger charge is 2.32. The van der Waals surface area contributed by atoms with E-state index in [2.05, 4.69) is 41.4 Å². The SMILES string of the molecule is CCC(NC(=O)c1c(N2CCC[C@H]2CCO)c(-c2ccccc2)nc2ccccc12)c1ccccc1. The Kier molecular flexibility index (Phi) is 7.28. The lowest BCUT2D eigenvalue weighted by atomic mass is 9.97. The van der Waals surface area contributed by atoms with Gasteiger partial charge in [-0.2, -0.15) is 0 Å². The van der Waals surface area contributed by atoms with Crippen molar-refractivity contribution in [3.05, 3.63) is 96.1 Å². The van der Waals surface area contributed by atoms with Crippen molar-refractivity contribution in [2.75, 3.05) is 18.1 Å². The van der Waals surface area contributed by atoms with Gasteiger partial charge in [-0.05, 0) is 37.3 Å². The molecule has 1 saturated heterocycles. The van der Waals surface area contributed by atoms with Crippen LogP contribution in [0.3, 0.4) is 0 Å². The molecule has 2 heterocycles. The van der Waals surface area contributed by atoms with E-state index in [0.717, 1.165) is 59.2 Å². The molecule has 2 N–H and O–H groups in total. The molecule has 4 aromatic rings. The van der Waals surface area contributed by atoms with Gasteiger partial charge in [-0.25, -0.2) is 4.98 Å². The molecule has 5 rings (SSSR count). The first-order valence-corrected chi connectivity index (χ1v) is 12.9. The van der Waals surface area contributed by atoms with Crippen molar-refractivity contribution >= 4 is 22.5 Å². The Morgan fingerprint density at radius 2 is 1.72 bits per heavy atom. The predicted molar refractivity (Wildman–Crippen MR) is 146 cm³/mol.